The van der Waals surface area contributed by atoms with Gasteiger partial charge in [0.1, 0.15) is 19.8 Å². The van der Waals surface area contributed by atoms with Gasteiger partial charge in [-0.25, -0.2) is 0 Å². The van der Waals surface area contributed by atoms with E-state index in [0.717, 1.165) is 122 Å². The molecule has 0 radical (unpaired) electrons. The van der Waals surface area contributed by atoms with E-state index in [2.05, 4.69) is 148 Å². The number of allylic oxidation sites excluding steroid dienone is 22. The standard InChI is InChI=1S/C62H102NO8P/c1-6-8-10-12-14-16-18-20-22-24-26-28-30-31-33-34-36-38-40-42-44-46-48-50-52-54-61(64)68-58-60(59-70-72(66,67)69-57-56-63(3,4)5)71-62(65)55-53-51-49-47-45-43-41-39-37-35-32-29-27-25-23-21-19-17-15-13-11-9-7-2/h8-11,14-17,20-23,26-29,31,33,35,37,41,43,60H,6-7,12-13,18-19,24-25,30,32,34,36,38-40,42,44-59H2,1-5H3/b10-8-,11-9-,16-14-,17-15-,22-20-,23-21-,28-26-,29-27-,33-31-,37-35-,43-41-. The molecule has 408 valence electrons. The number of carbonyl (C=O) groups is 2. The Hall–Kier alpha value is -3.85. The van der Waals surface area contributed by atoms with Gasteiger partial charge in [-0.3, -0.25) is 14.2 Å². The first-order valence-electron chi connectivity index (χ1n) is 27.9. The number of hydrogen-bond acceptors (Lipinski definition) is 8. The summed E-state index contributed by atoms with van der Waals surface area (Å²) >= 11 is 0. The summed E-state index contributed by atoms with van der Waals surface area (Å²) in [4.78, 5) is 37.9. The van der Waals surface area contributed by atoms with E-state index in [-0.39, 0.29) is 26.1 Å². The largest absolute Gasteiger partial charge is 0.756 e. The number of carbonyl (C=O) groups excluding carboxylic acids is 2. The van der Waals surface area contributed by atoms with Gasteiger partial charge in [0, 0.05) is 12.8 Å². The summed E-state index contributed by atoms with van der Waals surface area (Å²) in [5, 5.41) is 0. The van der Waals surface area contributed by atoms with Gasteiger partial charge in [-0.05, 0) is 109 Å². The molecule has 0 aliphatic rings. The molecule has 72 heavy (non-hydrogen) atoms. The second-order valence-electron chi connectivity index (χ2n) is 19.2. The number of likely N-dealkylation sites (N-methyl/N-ethyl adjacent to an activating group) is 1. The molecule has 0 amide bonds. The van der Waals surface area contributed by atoms with Gasteiger partial charge in [-0.2, -0.15) is 0 Å². The van der Waals surface area contributed by atoms with Gasteiger partial charge in [0.25, 0.3) is 7.82 Å². The van der Waals surface area contributed by atoms with E-state index >= 15 is 0 Å². The van der Waals surface area contributed by atoms with E-state index in [4.69, 9.17) is 18.5 Å². The van der Waals surface area contributed by atoms with Crippen molar-refractivity contribution < 1.29 is 42.1 Å². The summed E-state index contributed by atoms with van der Waals surface area (Å²) < 4.78 is 34.1. The summed E-state index contributed by atoms with van der Waals surface area (Å²) in [5.74, 6) is -0.881. The maximum atomic E-state index is 12.8. The van der Waals surface area contributed by atoms with Crippen molar-refractivity contribution in [2.45, 2.75) is 200 Å². The van der Waals surface area contributed by atoms with Crippen LogP contribution in [-0.2, 0) is 32.7 Å². The zero-order chi connectivity index (χ0) is 52.7. The maximum Gasteiger partial charge on any atom is 0.306 e. The minimum absolute atomic E-state index is 0.0454. The first kappa shape index (κ1) is 68.2. The molecule has 0 aromatic heterocycles. The van der Waals surface area contributed by atoms with Crippen LogP contribution in [0.4, 0.5) is 0 Å². The number of rotatable bonds is 49. The molecule has 0 aromatic carbocycles. The zero-order valence-electron chi connectivity index (χ0n) is 46.1. The number of unbranched alkanes of at least 4 members (excludes halogenated alkanes) is 13. The topological polar surface area (TPSA) is 111 Å². The summed E-state index contributed by atoms with van der Waals surface area (Å²) in [7, 11) is 1.12. The maximum absolute atomic E-state index is 12.8. The van der Waals surface area contributed by atoms with Crippen molar-refractivity contribution in [1.82, 2.24) is 0 Å². The van der Waals surface area contributed by atoms with Crippen LogP contribution in [0.15, 0.2) is 134 Å². The van der Waals surface area contributed by atoms with Crippen LogP contribution >= 0.6 is 7.82 Å². The second-order valence-corrected chi connectivity index (χ2v) is 20.6. The number of hydrogen-bond donors (Lipinski definition) is 0. The number of ether oxygens (including phenoxy) is 2. The van der Waals surface area contributed by atoms with Gasteiger partial charge >= 0.3 is 11.9 Å². The van der Waals surface area contributed by atoms with E-state index in [1.54, 1.807) is 0 Å². The van der Waals surface area contributed by atoms with Crippen LogP contribution in [0.1, 0.15) is 194 Å². The summed E-state index contributed by atoms with van der Waals surface area (Å²) in [6.45, 7) is 3.95. The Bertz CT molecular complexity index is 1670. The molecule has 0 aliphatic carbocycles. The fourth-order valence-corrected chi connectivity index (χ4v) is 7.65. The first-order valence-corrected chi connectivity index (χ1v) is 29.4. The number of phosphoric acid groups is 1. The van der Waals surface area contributed by atoms with Crippen molar-refractivity contribution in [2.24, 2.45) is 0 Å². The van der Waals surface area contributed by atoms with Crippen molar-refractivity contribution in [1.29, 1.82) is 0 Å². The lowest BCUT2D eigenvalue weighted by Gasteiger charge is -2.28. The molecule has 0 aromatic rings. The molecule has 0 rings (SSSR count). The molecule has 0 heterocycles. The van der Waals surface area contributed by atoms with E-state index < -0.39 is 32.5 Å². The Morgan fingerprint density at radius 1 is 0.431 bits per heavy atom. The van der Waals surface area contributed by atoms with Crippen molar-refractivity contribution in [2.75, 3.05) is 47.5 Å². The lowest BCUT2D eigenvalue weighted by atomic mass is 10.1. The highest BCUT2D eigenvalue weighted by Crippen LogP contribution is 2.38. The fourth-order valence-electron chi connectivity index (χ4n) is 6.92. The van der Waals surface area contributed by atoms with Gasteiger partial charge in [0.2, 0.25) is 0 Å². The molecule has 0 bridgehead atoms. The normalized spacial score (nSPS) is 14.4. The van der Waals surface area contributed by atoms with Gasteiger partial charge in [0.05, 0.1) is 27.7 Å². The number of esters is 2. The lowest BCUT2D eigenvalue weighted by Crippen LogP contribution is -2.37. The molecule has 2 unspecified atom stereocenters. The monoisotopic (exact) mass is 1020 g/mol. The van der Waals surface area contributed by atoms with Crippen LogP contribution < -0.4 is 4.89 Å². The third kappa shape index (κ3) is 55.5. The van der Waals surface area contributed by atoms with E-state index in [1.165, 1.54) is 32.1 Å². The highest BCUT2D eigenvalue weighted by Gasteiger charge is 2.21. The molecule has 0 aliphatic heterocycles. The molecular weight excluding hydrogens is 918 g/mol. The summed E-state index contributed by atoms with van der Waals surface area (Å²) in [6, 6.07) is 0. The zero-order valence-corrected chi connectivity index (χ0v) is 47.0. The second kappa shape index (κ2) is 52.0. The molecule has 0 N–H and O–H groups in total. The highest BCUT2D eigenvalue weighted by molar-refractivity contribution is 7.45. The Kier molecular flexibility index (Phi) is 49.2. The van der Waals surface area contributed by atoms with Gasteiger partial charge in [0.15, 0.2) is 6.10 Å². The SMILES string of the molecule is CC/C=C\C/C=C\C/C=C\C/C=C\C/C=C\C/C=C\CCCCCCC(=O)OC(COC(=O)CCCCCCCCCCC/C=C\C/C=C\C/C=C\C/C=C\C/C=C\CC)COP(=O)([O-])OCC[N+](C)(C)C. The molecule has 0 saturated carbocycles. The van der Waals surface area contributed by atoms with Crippen molar-refractivity contribution in [3.63, 3.8) is 0 Å². The fraction of sp³-hybridized carbons (Fsp3) is 0.613. The number of quaternary nitrogens is 1. The number of nitrogens with zero attached hydrogens (tertiary/aromatic N) is 1. The number of phosphoric ester groups is 1. The van der Waals surface area contributed by atoms with Crippen LogP contribution in [0.3, 0.4) is 0 Å². The molecule has 2 atom stereocenters. The molecular formula is C62H102NO8P. The van der Waals surface area contributed by atoms with Crippen molar-refractivity contribution in [3.05, 3.63) is 134 Å². The molecule has 0 spiro atoms. The summed E-state index contributed by atoms with van der Waals surface area (Å²) in [6.07, 6.45) is 74.8. The Morgan fingerprint density at radius 3 is 1.11 bits per heavy atom. The minimum atomic E-state index is -4.65. The van der Waals surface area contributed by atoms with Crippen LogP contribution in [-0.4, -0.2) is 70.0 Å². The molecule has 0 saturated heterocycles. The van der Waals surface area contributed by atoms with Crippen molar-refractivity contribution in [3.8, 4) is 0 Å². The lowest BCUT2D eigenvalue weighted by molar-refractivity contribution is -0.870. The summed E-state index contributed by atoms with van der Waals surface area (Å²) in [5.41, 5.74) is 0. The average molecular weight is 1020 g/mol. The third-order valence-corrected chi connectivity index (χ3v) is 12.1. The predicted molar refractivity (Wildman–Crippen MR) is 304 cm³/mol. The quantitative estimate of drug-likeness (QED) is 0.0195. The average Bonchev–Trinajstić information content (AvgIpc) is 3.34. The van der Waals surface area contributed by atoms with Crippen molar-refractivity contribution >= 4 is 19.8 Å². The Balaban J connectivity index is 4.30. The first-order chi connectivity index (χ1) is 35.0. The highest BCUT2D eigenvalue weighted by atomic mass is 31.2. The van der Waals surface area contributed by atoms with Gasteiger partial charge in [-0.1, -0.05) is 205 Å². The van der Waals surface area contributed by atoms with E-state index in [9.17, 15) is 19.0 Å². The minimum Gasteiger partial charge on any atom is -0.756 e. The molecule has 10 heteroatoms. The van der Waals surface area contributed by atoms with Gasteiger partial charge in [-0.15, -0.1) is 0 Å². The van der Waals surface area contributed by atoms with Crippen LogP contribution in [0.5, 0.6) is 0 Å². The van der Waals surface area contributed by atoms with Gasteiger partial charge < -0.3 is 27.9 Å². The van der Waals surface area contributed by atoms with E-state index in [1.807, 2.05) is 21.1 Å². The van der Waals surface area contributed by atoms with E-state index in [0.29, 0.717) is 23.9 Å². The third-order valence-electron chi connectivity index (χ3n) is 11.2. The Labute approximate surface area is 441 Å². The Morgan fingerprint density at radius 2 is 0.750 bits per heavy atom. The predicted octanol–water partition coefficient (Wildman–Crippen LogP) is 16.7. The van der Waals surface area contributed by atoms with Crippen LogP contribution in [0.2, 0.25) is 0 Å². The van der Waals surface area contributed by atoms with Crippen LogP contribution in [0, 0.1) is 0 Å². The molecule has 0 fully saturated rings. The molecule has 9 nitrogen and oxygen atoms in total. The smallest absolute Gasteiger partial charge is 0.306 e. The van der Waals surface area contributed by atoms with Crippen LogP contribution in [0.25, 0.3) is 0 Å².